The van der Waals surface area contributed by atoms with E-state index in [9.17, 15) is 4.79 Å². The third kappa shape index (κ3) is 5.06. The number of amides is 1. The van der Waals surface area contributed by atoms with E-state index in [-0.39, 0.29) is 18.3 Å². The summed E-state index contributed by atoms with van der Waals surface area (Å²) < 4.78 is 1.92. The summed E-state index contributed by atoms with van der Waals surface area (Å²) in [5, 5.41) is 11.0. The number of piperazine rings is 1. The number of carbonyl (C=O) groups excluding carboxylic acids is 1. The monoisotopic (exact) mass is 377 g/mol. The highest BCUT2D eigenvalue weighted by molar-refractivity contribution is 5.85. The van der Waals surface area contributed by atoms with Crippen LogP contribution in [0.3, 0.4) is 0 Å². The number of nitrogens with one attached hydrogen (secondary N) is 2. The van der Waals surface area contributed by atoms with E-state index in [1.165, 1.54) is 0 Å². The molecule has 2 N–H and O–H groups in total. The van der Waals surface area contributed by atoms with Gasteiger partial charge in [-0.25, -0.2) is 4.68 Å². The van der Waals surface area contributed by atoms with Crippen molar-refractivity contribution in [3.05, 3.63) is 47.3 Å². The van der Waals surface area contributed by atoms with Crippen LogP contribution < -0.4 is 10.6 Å². The Morgan fingerprint density at radius 2 is 1.88 bits per heavy atom. The minimum atomic E-state index is 0. The number of nitrogens with zero attached hydrogens (tertiary/aromatic N) is 3. The van der Waals surface area contributed by atoms with Crippen LogP contribution >= 0.6 is 12.4 Å². The predicted octanol–water partition coefficient (Wildman–Crippen LogP) is 1.47. The first-order valence-electron chi connectivity index (χ1n) is 8.95. The molecule has 0 atom stereocenters. The number of rotatable bonds is 6. The van der Waals surface area contributed by atoms with Crippen molar-refractivity contribution in [2.24, 2.45) is 0 Å². The fourth-order valence-corrected chi connectivity index (χ4v) is 3.26. The van der Waals surface area contributed by atoms with Crippen LogP contribution in [0.15, 0.2) is 30.3 Å². The van der Waals surface area contributed by atoms with Gasteiger partial charge in [-0.15, -0.1) is 12.4 Å². The van der Waals surface area contributed by atoms with Crippen molar-refractivity contribution >= 4 is 18.3 Å². The van der Waals surface area contributed by atoms with E-state index < -0.39 is 0 Å². The largest absolute Gasteiger partial charge is 0.355 e. The lowest BCUT2D eigenvalue weighted by Crippen LogP contribution is -2.46. The third-order valence-corrected chi connectivity index (χ3v) is 4.74. The van der Waals surface area contributed by atoms with Gasteiger partial charge < -0.3 is 10.6 Å². The molecule has 6 nitrogen and oxygen atoms in total. The summed E-state index contributed by atoms with van der Waals surface area (Å²) in [5.41, 5.74) is 3.98. The highest BCUT2D eigenvalue weighted by Crippen LogP contribution is 2.18. The molecule has 0 saturated carbocycles. The highest BCUT2D eigenvalue weighted by Gasteiger charge is 2.16. The molecule has 26 heavy (non-hydrogen) atoms. The zero-order valence-electron chi connectivity index (χ0n) is 15.5. The van der Waals surface area contributed by atoms with Crippen molar-refractivity contribution in [2.75, 3.05) is 39.3 Å². The number of benzene rings is 1. The average Bonchev–Trinajstić information content (AvgIpc) is 2.91. The standard InChI is InChI=1S/C19H27N5O.ClH/c1-15-18(16(2)24(22-15)17-6-4-3-5-7-17)14-19(25)21-10-13-23-11-8-20-9-12-23;/h3-7,20H,8-14H2,1-2H3,(H,21,25);1H. The van der Waals surface area contributed by atoms with Crippen LogP contribution in [0, 0.1) is 13.8 Å². The molecule has 0 aliphatic carbocycles. The maximum absolute atomic E-state index is 12.3. The van der Waals surface area contributed by atoms with E-state index >= 15 is 0 Å². The zero-order chi connectivity index (χ0) is 17.6. The fraction of sp³-hybridized carbons (Fsp3) is 0.474. The van der Waals surface area contributed by atoms with Gasteiger partial charge in [-0.1, -0.05) is 18.2 Å². The van der Waals surface area contributed by atoms with E-state index in [1.807, 2.05) is 48.9 Å². The second-order valence-corrected chi connectivity index (χ2v) is 6.52. The summed E-state index contributed by atoms with van der Waals surface area (Å²) in [7, 11) is 0. The van der Waals surface area contributed by atoms with Crippen molar-refractivity contribution in [3.8, 4) is 5.69 Å². The van der Waals surface area contributed by atoms with Crippen LogP contribution in [0.25, 0.3) is 5.69 Å². The highest BCUT2D eigenvalue weighted by atomic mass is 35.5. The van der Waals surface area contributed by atoms with Gasteiger partial charge in [-0.2, -0.15) is 5.10 Å². The molecule has 1 aromatic carbocycles. The molecule has 2 aromatic rings. The lowest BCUT2D eigenvalue weighted by atomic mass is 10.1. The molecule has 2 heterocycles. The van der Waals surface area contributed by atoms with Crippen molar-refractivity contribution in [1.29, 1.82) is 0 Å². The van der Waals surface area contributed by atoms with Gasteiger partial charge in [0.05, 0.1) is 17.8 Å². The molecular weight excluding hydrogens is 350 g/mol. The molecule has 0 radical (unpaired) electrons. The van der Waals surface area contributed by atoms with Crippen LogP contribution in [-0.2, 0) is 11.2 Å². The van der Waals surface area contributed by atoms with Crippen LogP contribution in [0.2, 0.25) is 0 Å². The number of aryl methyl sites for hydroxylation is 1. The second kappa shape index (κ2) is 9.71. The zero-order valence-corrected chi connectivity index (χ0v) is 16.3. The Labute approximate surface area is 161 Å². The smallest absolute Gasteiger partial charge is 0.224 e. The summed E-state index contributed by atoms with van der Waals surface area (Å²) in [6.07, 6.45) is 0.381. The molecule has 142 valence electrons. The SMILES string of the molecule is Cc1nn(-c2ccccc2)c(C)c1CC(=O)NCCN1CCNCC1.Cl. The summed E-state index contributed by atoms with van der Waals surface area (Å²) in [4.78, 5) is 14.7. The van der Waals surface area contributed by atoms with Crippen molar-refractivity contribution < 1.29 is 4.79 Å². The maximum atomic E-state index is 12.3. The quantitative estimate of drug-likeness (QED) is 0.800. The Morgan fingerprint density at radius 3 is 2.58 bits per heavy atom. The van der Waals surface area contributed by atoms with E-state index in [0.717, 1.165) is 55.4 Å². The molecule has 1 amide bonds. The van der Waals surface area contributed by atoms with E-state index in [4.69, 9.17) is 0 Å². The second-order valence-electron chi connectivity index (χ2n) is 6.52. The molecule has 0 unspecified atom stereocenters. The van der Waals surface area contributed by atoms with Gasteiger partial charge >= 0.3 is 0 Å². The van der Waals surface area contributed by atoms with Crippen LogP contribution in [0.1, 0.15) is 17.0 Å². The Morgan fingerprint density at radius 1 is 1.19 bits per heavy atom. The number of hydrogen-bond donors (Lipinski definition) is 2. The van der Waals surface area contributed by atoms with Crippen LogP contribution in [0.4, 0.5) is 0 Å². The van der Waals surface area contributed by atoms with Crippen LogP contribution in [-0.4, -0.2) is 59.9 Å². The van der Waals surface area contributed by atoms with E-state index in [1.54, 1.807) is 0 Å². The number of carbonyl (C=O) groups is 1. The van der Waals surface area contributed by atoms with Crippen molar-refractivity contribution in [1.82, 2.24) is 25.3 Å². The molecule has 7 heteroatoms. The van der Waals surface area contributed by atoms with Crippen LogP contribution in [0.5, 0.6) is 0 Å². The Kier molecular flexibility index (Phi) is 7.63. The normalized spacial score (nSPS) is 14.7. The minimum Gasteiger partial charge on any atom is -0.355 e. The van der Waals surface area contributed by atoms with Gasteiger partial charge in [0.15, 0.2) is 0 Å². The van der Waals surface area contributed by atoms with Gasteiger partial charge in [0.25, 0.3) is 0 Å². The molecule has 1 aromatic heterocycles. The van der Waals surface area contributed by atoms with E-state index in [0.29, 0.717) is 13.0 Å². The molecule has 1 aliphatic rings. The molecule has 0 bridgehead atoms. The lowest BCUT2D eigenvalue weighted by Gasteiger charge is -2.27. The predicted molar refractivity (Wildman–Crippen MR) is 106 cm³/mol. The van der Waals surface area contributed by atoms with Gasteiger partial charge in [-0.3, -0.25) is 9.69 Å². The summed E-state index contributed by atoms with van der Waals surface area (Å²) >= 11 is 0. The minimum absolute atomic E-state index is 0. The fourth-order valence-electron chi connectivity index (χ4n) is 3.26. The first kappa shape index (κ1) is 20.4. The number of hydrogen-bond acceptors (Lipinski definition) is 4. The van der Waals surface area contributed by atoms with Gasteiger partial charge in [-0.05, 0) is 26.0 Å². The van der Waals surface area contributed by atoms with Crippen molar-refractivity contribution in [3.63, 3.8) is 0 Å². The number of halogens is 1. The molecule has 1 saturated heterocycles. The van der Waals surface area contributed by atoms with Gasteiger partial charge in [0.1, 0.15) is 0 Å². The maximum Gasteiger partial charge on any atom is 0.224 e. The molecule has 1 aliphatic heterocycles. The van der Waals surface area contributed by atoms with E-state index in [2.05, 4.69) is 20.6 Å². The first-order valence-corrected chi connectivity index (χ1v) is 8.95. The average molecular weight is 378 g/mol. The van der Waals surface area contributed by atoms with Crippen molar-refractivity contribution in [2.45, 2.75) is 20.3 Å². The molecule has 3 rings (SSSR count). The lowest BCUT2D eigenvalue weighted by molar-refractivity contribution is -0.120. The van der Waals surface area contributed by atoms with Gasteiger partial charge in [0.2, 0.25) is 5.91 Å². The molecular formula is C19H28ClN5O. The summed E-state index contributed by atoms with van der Waals surface area (Å²) in [5.74, 6) is 0.0638. The van der Waals surface area contributed by atoms with Gasteiger partial charge in [0, 0.05) is 50.5 Å². The molecule has 0 spiro atoms. The Bertz CT molecular complexity index is 710. The third-order valence-electron chi connectivity index (χ3n) is 4.74. The Balaban J connectivity index is 0.00000243. The Hall–Kier alpha value is -1.89. The summed E-state index contributed by atoms with van der Waals surface area (Å²) in [6.45, 7) is 9.77. The first-order chi connectivity index (χ1) is 12.1. The number of aromatic nitrogens is 2. The summed E-state index contributed by atoms with van der Waals surface area (Å²) in [6, 6.07) is 10.0. The molecule has 1 fully saturated rings. The topological polar surface area (TPSA) is 62.2 Å². The number of para-hydroxylation sites is 1.